The quantitative estimate of drug-likeness (QED) is 0.198. The molecule has 0 bridgehead atoms. The van der Waals surface area contributed by atoms with Crippen LogP contribution < -0.4 is 20.9 Å². The van der Waals surface area contributed by atoms with Crippen LogP contribution in [0.5, 0.6) is 0 Å². The molecular formula is C34H49N7O2S. The number of carbonyl (C=O) groups excluding carboxylic acids is 1. The van der Waals surface area contributed by atoms with Crippen molar-refractivity contribution >= 4 is 29.0 Å². The highest BCUT2D eigenvalue weighted by Gasteiger charge is 2.22. The van der Waals surface area contributed by atoms with Crippen LogP contribution in [0, 0.1) is 6.92 Å². The Morgan fingerprint density at radius 3 is 2.50 bits per heavy atom. The number of benzene rings is 1. The third-order valence-corrected chi connectivity index (χ3v) is 9.40. The van der Waals surface area contributed by atoms with Gasteiger partial charge in [-0.2, -0.15) is 4.98 Å². The lowest BCUT2D eigenvalue weighted by Gasteiger charge is -2.35. The van der Waals surface area contributed by atoms with Crippen molar-refractivity contribution in [1.29, 1.82) is 0 Å². The molecule has 9 nitrogen and oxygen atoms in total. The van der Waals surface area contributed by atoms with Crippen LogP contribution in [0.3, 0.4) is 0 Å². The fourth-order valence-corrected chi connectivity index (χ4v) is 6.56. The number of amides is 1. The first-order valence-corrected chi connectivity index (χ1v) is 17.2. The normalized spacial score (nSPS) is 15.9. The molecule has 0 atom stereocenters. The van der Waals surface area contributed by atoms with E-state index >= 15 is 0 Å². The number of thiophene rings is 1. The molecule has 2 fully saturated rings. The van der Waals surface area contributed by atoms with Crippen molar-refractivity contribution in [3.05, 3.63) is 69.5 Å². The molecular weight excluding hydrogens is 570 g/mol. The first-order chi connectivity index (χ1) is 21.6. The van der Waals surface area contributed by atoms with Gasteiger partial charge in [-0.1, -0.05) is 49.6 Å². The molecule has 10 heteroatoms. The van der Waals surface area contributed by atoms with Gasteiger partial charge in [0, 0.05) is 68.4 Å². The fourth-order valence-electron chi connectivity index (χ4n) is 5.87. The Kier molecular flexibility index (Phi) is 12.8. The predicted molar refractivity (Wildman–Crippen MR) is 179 cm³/mol. The van der Waals surface area contributed by atoms with Gasteiger partial charge in [-0.15, -0.1) is 11.3 Å². The molecule has 0 spiro atoms. The van der Waals surface area contributed by atoms with Crippen LogP contribution in [-0.2, 0) is 29.0 Å². The molecule has 0 unspecified atom stereocenters. The van der Waals surface area contributed by atoms with Crippen molar-refractivity contribution in [3.8, 4) is 0 Å². The lowest BCUT2D eigenvalue weighted by molar-refractivity contribution is -0.136. The summed E-state index contributed by atoms with van der Waals surface area (Å²) in [6.45, 7) is 9.21. The van der Waals surface area contributed by atoms with Gasteiger partial charge in [0.15, 0.2) is 0 Å². The Labute approximate surface area is 266 Å². The zero-order valence-corrected chi connectivity index (χ0v) is 27.0. The number of nitrogens with zero attached hydrogens (tertiary/aromatic N) is 4. The van der Waals surface area contributed by atoms with Gasteiger partial charge in [0.05, 0.1) is 6.61 Å². The Balaban J connectivity index is 0.985. The number of aromatic nitrogens is 2. The van der Waals surface area contributed by atoms with Crippen molar-refractivity contribution in [1.82, 2.24) is 25.5 Å². The second-order valence-electron chi connectivity index (χ2n) is 11.9. The Morgan fingerprint density at radius 2 is 1.75 bits per heavy atom. The van der Waals surface area contributed by atoms with E-state index in [4.69, 9.17) is 9.72 Å². The molecule has 1 aromatic carbocycles. The van der Waals surface area contributed by atoms with E-state index in [-0.39, 0.29) is 12.5 Å². The Hall–Kier alpha value is -3.05. The maximum absolute atomic E-state index is 12.6. The van der Waals surface area contributed by atoms with Crippen molar-refractivity contribution in [2.45, 2.75) is 71.0 Å². The minimum atomic E-state index is 0.0565. The van der Waals surface area contributed by atoms with E-state index in [2.05, 4.69) is 61.5 Å². The van der Waals surface area contributed by atoms with Crippen LogP contribution in [0.15, 0.2) is 47.8 Å². The van der Waals surface area contributed by atoms with E-state index in [1.54, 1.807) is 11.3 Å². The van der Waals surface area contributed by atoms with E-state index < -0.39 is 0 Å². The molecule has 3 aromatic rings. The van der Waals surface area contributed by atoms with Gasteiger partial charge < -0.3 is 30.5 Å². The zero-order chi connectivity index (χ0) is 30.4. The number of hydrogen-bond acceptors (Lipinski definition) is 9. The third-order valence-electron chi connectivity index (χ3n) is 8.47. The van der Waals surface area contributed by atoms with Crippen LogP contribution in [-0.4, -0.2) is 79.3 Å². The molecule has 44 heavy (non-hydrogen) atoms. The summed E-state index contributed by atoms with van der Waals surface area (Å²) in [5, 5.41) is 12.8. The van der Waals surface area contributed by atoms with Crippen molar-refractivity contribution < 1.29 is 9.53 Å². The molecule has 3 N–H and O–H groups in total. The number of hydrogen-bond donors (Lipinski definition) is 3. The summed E-state index contributed by atoms with van der Waals surface area (Å²) in [6, 6.07) is 15.6. The lowest BCUT2D eigenvalue weighted by atomic mass is 9.95. The highest BCUT2D eigenvalue weighted by Crippen LogP contribution is 2.19. The largest absolute Gasteiger partial charge is 0.371 e. The summed E-state index contributed by atoms with van der Waals surface area (Å²) in [6.07, 6.45) is 8.89. The SMILES string of the molecule is Cc1cc(N2CCN(C(=O)COCCc3cccs3)CC2)nc(NCc2ccc(CNCCCNC3CCCCC3)cc2)n1. The Morgan fingerprint density at radius 1 is 0.977 bits per heavy atom. The topological polar surface area (TPSA) is 94.7 Å². The first-order valence-electron chi connectivity index (χ1n) is 16.4. The average Bonchev–Trinajstić information content (AvgIpc) is 3.58. The van der Waals surface area contributed by atoms with Gasteiger partial charge in [-0.25, -0.2) is 4.98 Å². The molecule has 1 saturated carbocycles. The van der Waals surface area contributed by atoms with Gasteiger partial charge >= 0.3 is 0 Å². The van der Waals surface area contributed by atoms with E-state index in [9.17, 15) is 4.79 Å². The number of piperazine rings is 1. The van der Waals surface area contributed by atoms with Gasteiger partial charge in [0.1, 0.15) is 12.4 Å². The van der Waals surface area contributed by atoms with Crippen molar-refractivity contribution in [3.63, 3.8) is 0 Å². The van der Waals surface area contributed by atoms with Crippen LogP contribution in [0.1, 0.15) is 60.2 Å². The van der Waals surface area contributed by atoms with Crippen molar-refractivity contribution in [2.75, 3.05) is 62.7 Å². The van der Waals surface area contributed by atoms with Crippen LogP contribution in [0.2, 0.25) is 0 Å². The molecule has 0 radical (unpaired) electrons. The molecule has 1 aliphatic carbocycles. The van der Waals surface area contributed by atoms with Gasteiger partial charge in [-0.05, 0) is 61.8 Å². The van der Waals surface area contributed by atoms with Gasteiger partial charge in [0.2, 0.25) is 11.9 Å². The monoisotopic (exact) mass is 619 g/mol. The second-order valence-corrected chi connectivity index (χ2v) is 13.0. The summed E-state index contributed by atoms with van der Waals surface area (Å²) in [4.78, 5) is 27.5. The minimum Gasteiger partial charge on any atom is -0.371 e. The smallest absolute Gasteiger partial charge is 0.248 e. The van der Waals surface area contributed by atoms with Crippen molar-refractivity contribution in [2.24, 2.45) is 0 Å². The number of carbonyl (C=O) groups is 1. The molecule has 1 aliphatic heterocycles. The zero-order valence-electron chi connectivity index (χ0n) is 26.2. The van der Waals surface area contributed by atoms with E-state index in [1.165, 1.54) is 48.1 Å². The van der Waals surface area contributed by atoms with E-state index in [0.717, 1.165) is 63.1 Å². The first kappa shape index (κ1) is 32.3. The summed E-state index contributed by atoms with van der Waals surface area (Å²) in [5.74, 6) is 1.58. The summed E-state index contributed by atoms with van der Waals surface area (Å²) in [5.41, 5.74) is 3.41. The van der Waals surface area contributed by atoms with E-state index in [0.29, 0.717) is 32.2 Å². The summed E-state index contributed by atoms with van der Waals surface area (Å²) in [7, 11) is 0. The van der Waals surface area contributed by atoms with Gasteiger partial charge in [0.25, 0.3) is 0 Å². The molecule has 2 aromatic heterocycles. The van der Waals surface area contributed by atoms with Crippen LogP contribution in [0.25, 0.3) is 0 Å². The molecule has 1 saturated heterocycles. The minimum absolute atomic E-state index is 0.0565. The molecule has 3 heterocycles. The summed E-state index contributed by atoms with van der Waals surface area (Å²) >= 11 is 1.72. The molecule has 5 rings (SSSR count). The molecule has 2 aliphatic rings. The number of nitrogens with one attached hydrogen (secondary N) is 3. The van der Waals surface area contributed by atoms with E-state index in [1.807, 2.05) is 24.0 Å². The van der Waals surface area contributed by atoms with Gasteiger partial charge in [-0.3, -0.25) is 4.79 Å². The Bertz CT molecular complexity index is 1260. The lowest BCUT2D eigenvalue weighted by Crippen LogP contribution is -2.50. The fraction of sp³-hybridized carbons (Fsp3) is 0.559. The third kappa shape index (κ3) is 10.5. The van der Waals surface area contributed by atoms with Crippen LogP contribution >= 0.6 is 11.3 Å². The number of rotatable bonds is 16. The maximum Gasteiger partial charge on any atom is 0.248 e. The highest BCUT2D eigenvalue weighted by atomic mass is 32.1. The number of anilines is 2. The maximum atomic E-state index is 12.6. The average molecular weight is 620 g/mol. The standard InChI is InChI=1S/C34H49N7O2S/c1-27-23-32(40-17-19-41(20-18-40)33(42)26-43-21-14-31-9-5-22-44-31)39-34(38-27)37-25-29-12-10-28(11-13-29)24-35-15-6-16-36-30-7-3-2-4-8-30/h5,9-13,22-23,30,35-36H,2-4,6-8,14-21,24-26H2,1H3,(H,37,38,39). The summed E-state index contributed by atoms with van der Waals surface area (Å²) < 4.78 is 5.65. The second kappa shape index (κ2) is 17.4. The molecule has 1 amide bonds. The molecule has 238 valence electrons. The number of ether oxygens (including phenoxy) is 1. The predicted octanol–water partition coefficient (Wildman–Crippen LogP) is 4.77. The highest BCUT2D eigenvalue weighted by molar-refractivity contribution is 7.09. The van der Waals surface area contributed by atoms with Crippen LogP contribution in [0.4, 0.5) is 11.8 Å². The number of aryl methyl sites for hydroxylation is 1.